The smallest absolute Gasteiger partial charge is 0.422 e. The lowest BCUT2D eigenvalue weighted by molar-refractivity contribution is -0.153. The highest BCUT2D eigenvalue weighted by molar-refractivity contribution is 7.98. The largest absolute Gasteiger partial charge is 0.484 e. The summed E-state index contributed by atoms with van der Waals surface area (Å²) in [6.07, 6.45) is -2.96. The molecule has 2 N–H and O–H groups in total. The Bertz CT molecular complexity index is 815. The first-order valence-electron chi connectivity index (χ1n) is 6.39. The number of nitrogens with two attached hydrogens (primary N) is 1. The number of pyridine rings is 1. The zero-order chi connectivity index (χ0) is 16.4. The maximum Gasteiger partial charge on any atom is 0.422 e. The van der Waals surface area contributed by atoms with Crippen LogP contribution >= 0.6 is 23.1 Å². The number of thiophene rings is 1. The van der Waals surface area contributed by atoms with E-state index in [9.17, 15) is 13.2 Å². The number of imidazole rings is 1. The maximum atomic E-state index is 12.2. The molecule has 0 saturated heterocycles. The van der Waals surface area contributed by atoms with Crippen molar-refractivity contribution in [2.75, 3.05) is 12.4 Å². The van der Waals surface area contributed by atoms with Crippen LogP contribution in [-0.4, -0.2) is 27.4 Å². The average Bonchev–Trinajstić information content (AvgIpc) is 3.06. The molecule has 0 fully saturated rings. The molecule has 3 aromatic rings. The number of hydrogen-bond acceptors (Lipinski definition) is 6. The van der Waals surface area contributed by atoms with Gasteiger partial charge in [-0.15, -0.1) is 11.3 Å². The van der Waals surface area contributed by atoms with E-state index in [4.69, 9.17) is 10.6 Å². The number of halogens is 3. The molecule has 23 heavy (non-hydrogen) atoms. The van der Waals surface area contributed by atoms with Crippen LogP contribution in [0.25, 0.3) is 11.0 Å². The Hall–Kier alpha value is -1.94. The molecule has 0 aromatic carbocycles. The second-order valence-corrected chi connectivity index (χ2v) is 6.27. The predicted octanol–water partition coefficient (Wildman–Crippen LogP) is 3.44. The number of hydrogen-bond donors (Lipinski definition) is 1. The van der Waals surface area contributed by atoms with Crippen LogP contribution in [-0.2, 0) is 5.75 Å². The first-order chi connectivity index (χ1) is 10.9. The van der Waals surface area contributed by atoms with Gasteiger partial charge >= 0.3 is 6.18 Å². The molecule has 3 heterocycles. The van der Waals surface area contributed by atoms with E-state index >= 15 is 0 Å². The molecule has 3 rings (SSSR count). The van der Waals surface area contributed by atoms with E-state index < -0.39 is 12.8 Å². The molecule has 10 heteroatoms. The summed E-state index contributed by atoms with van der Waals surface area (Å²) in [5.41, 5.74) is 2.24. The number of fused-ring (bicyclic) bond motifs is 1. The molecule has 0 amide bonds. The van der Waals surface area contributed by atoms with E-state index in [1.54, 1.807) is 0 Å². The summed E-state index contributed by atoms with van der Waals surface area (Å²) in [7, 11) is 0. The summed E-state index contributed by atoms with van der Waals surface area (Å²) in [6.45, 7) is -1.33. The van der Waals surface area contributed by atoms with Crippen molar-refractivity contribution in [1.29, 1.82) is 0 Å². The molecule has 0 aliphatic carbocycles. The minimum Gasteiger partial charge on any atom is -0.484 e. The standard InChI is InChI=1S/C13H11F3N4OS2/c14-13(15,16)7-21-9-1-2-18-8(3-9)4-23-12-19-10-5-22-6-11(10)20(12)17/h1-3,5-6H,4,7,17H2. The van der Waals surface area contributed by atoms with Crippen LogP contribution in [0.5, 0.6) is 5.75 Å². The maximum absolute atomic E-state index is 12.2. The third kappa shape index (κ3) is 3.88. The number of alkyl halides is 3. The van der Waals surface area contributed by atoms with Gasteiger partial charge in [-0.3, -0.25) is 4.98 Å². The lowest BCUT2D eigenvalue weighted by Crippen LogP contribution is -2.19. The van der Waals surface area contributed by atoms with Crippen molar-refractivity contribution in [3.05, 3.63) is 34.8 Å². The molecular weight excluding hydrogens is 349 g/mol. The Labute approximate surface area is 137 Å². The fourth-order valence-electron chi connectivity index (χ4n) is 1.84. The van der Waals surface area contributed by atoms with Crippen LogP contribution in [0.2, 0.25) is 0 Å². The summed E-state index contributed by atoms with van der Waals surface area (Å²) < 4.78 is 42.7. The van der Waals surface area contributed by atoms with Crippen molar-refractivity contribution in [2.45, 2.75) is 17.1 Å². The van der Waals surface area contributed by atoms with Gasteiger partial charge in [-0.05, 0) is 6.07 Å². The van der Waals surface area contributed by atoms with Gasteiger partial charge in [-0.2, -0.15) is 13.2 Å². The van der Waals surface area contributed by atoms with E-state index in [0.717, 1.165) is 11.0 Å². The average molecular weight is 360 g/mol. The molecule has 0 saturated carbocycles. The molecule has 0 spiro atoms. The normalized spacial score (nSPS) is 12.0. The molecule has 0 aliphatic rings. The molecule has 122 valence electrons. The summed E-state index contributed by atoms with van der Waals surface area (Å²) >= 11 is 2.87. The van der Waals surface area contributed by atoms with Crippen molar-refractivity contribution in [1.82, 2.24) is 14.6 Å². The Morgan fingerprint density at radius 2 is 2.17 bits per heavy atom. The van der Waals surface area contributed by atoms with E-state index in [0.29, 0.717) is 16.6 Å². The van der Waals surface area contributed by atoms with Crippen molar-refractivity contribution in [2.24, 2.45) is 0 Å². The molecule has 0 aliphatic heterocycles. The fraction of sp³-hybridized carbons (Fsp3) is 0.231. The molecule has 0 atom stereocenters. The second-order valence-electron chi connectivity index (χ2n) is 4.58. The molecular formula is C13H11F3N4OS2. The monoisotopic (exact) mass is 360 g/mol. The van der Waals surface area contributed by atoms with Crippen LogP contribution in [0.1, 0.15) is 5.69 Å². The van der Waals surface area contributed by atoms with Gasteiger partial charge in [0.1, 0.15) is 16.8 Å². The molecule has 0 radical (unpaired) electrons. The Balaban J connectivity index is 1.66. The van der Waals surface area contributed by atoms with Crippen molar-refractivity contribution in [3.63, 3.8) is 0 Å². The van der Waals surface area contributed by atoms with Gasteiger partial charge in [0.25, 0.3) is 0 Å². The van der Waals surface area contributed by atoms with Gasteiger partial charge in [0.2, 0.25) is 0 Å². The van der Waals surface area contributed by atoms with Crippen LogP contribution in [0, 0.1) is 0 Å². The van der Waals surface area contributed by atoms with Gasteiger partial charge in [0.05, 0.1) is 5.69 Å². The van der Waals surface area contributed by atoms with Crippen LogP contribution in [0.15, 0.2) is 34.2 Å². The van der Waals surface area contributed by atoms with Crippen molar-refractivity contribution < 1.29 is 17.9 Å². The van der Waals surface area contributed by atoms with E-state index in [-0.39, 0.29) is 5.75 Å². The van der Waals surface area contributed by atoms with Gasteiger partial charge in [-0.25, -0.2) is 9.66 Å². The van der Waals surface area contributed by atoms with E-state index in [1.807, 2.05) is 10.8 Å². The fourth-order valence-corrected chi connectivity index (χ4v) is 3.41. The predicted molar refractivity (Wildman–Crippen MR) is 83.1 cm³/mol. The summed E-state index contributed by atoms with van der Waals surface area (Å²) in [5.74, 6) is 6.49. The Kier molecular flexibility index (Phi) is 4.35. The number of thioether (sulfide) groups is 1. The number of rotatable bonds is 5. The van der Waals surface area contributed by atoms with Crippen molar-refractivity contribution >= 4 is 34.1 Å². The molecule has 0 bridgehead atoms. The number of aromatic nitrogens is 3. The Morgan fingerprint density at radius 1 is 1.35 bits per heavy atom. The van der Waals surface area contributed by atoms with Gasteiger partial charge in [0.15, 0.2) is 11.8 Å². The topological polar surface area (TPSA) is 66.0 Å². The van der Waals surface area contributed by atoms with E-state index in [1.165, 1.54) is 46.1 Å². The highest BCUT2D eigenvalue weighted by atomic mass is 32.2. The Morgan fingerprint density at radius 3 is 2.91 bits per heavy atom. The number of nitrogen functional groups attached to an aromatic ring is 1. The molecule has 3 aromatic heterocycles. The van der Waals surface area contributed by atoms with Crippen LogP contribution < -0.4 is 10.6 Å². The summed E-state index contributed by atoms with van der Waals surface area (Å²) in [5, 5.41) is 4.41. The first kappa shape index (κ1) is 15.9. The van der Waals surface area contributed by atoms with Crippen LogP contribution in [0.3, 0.4) is 0 Å². The van der Waals surface area contributed by atoms with Gasteiger partial charge in [-0.1, -0.05) is 11.8 Å². The minimum absolute atomic E-state index is 0.129. The van der Waals surface area contributed by atoms with Gasteiger partial charge < -0.3 is 10.6 Å². The first-order valence-corrected chi connectivity index (χ1v) is 8.32. The van der Waals surface area contributed by atoms with Crippen molar-refractivity contribution in [3.8, 4) is 5.75 Å². The SMILES string of the molecule is Nn1c(SCc2cc(OCC(F)(F)F)ccn2)nc2cscc21. The lowest BCUT2D eigenvalue weighted by atomic mass is 10.3. The van der Waals surface area contributed by atoms with E-state index in [2.05, 4.69) is 9.97 Å². The zero-order valence-electron chi connectivity index (χ0n) is 11.6. The van der Waals surface area contributed by atoms with Crippen LogP contribution in [0.4, 0.5) is 13.2 Å². The third-order valence-corrected chi connectivity index (χ3v) is 4.55. The minimum atomic E-state index is -4.37. The van der Waals surface area contributed by atoms with Gasteiger partial charge in [0, 0.05) is 28.8 Å². The highest BCUT2D eigenvalue weighted by Crippen LogP contribution is 2.27. The molecule has 0 unspecified atom stereocenters. The number of nitrogens with zero attached hydrogens (tertiary/aromatic N) is 3. The summed E-state index contributed by atoms with van der Waals surface area (Å²) in [4.78, 5) is 8.49. The second kappa shape index (κ2) is 6.28. The zero-order valence-corrected chi connectivity index (χ0v) is 13.2. The quantitative estimate of drug-likeness (QED) is 0.558. The number of ether oxygens (including phenoxy) is 1. The summed E-state index contributed by atoms with van der Waals surface area (Å²) in [6, 6.07) is 2.86. The highest BCUT2D eigenvalue weighted by Gasteiger charge is 2.28. The lowest BCUT2D eigenvalue weighted by Gasteiger charge is -2.09. The molecule has 5 nitrogen and oxygen atoms in total. The third-order valence-electron chi connectivity index (χ3n) is 2.84.